The van der Waals surface area contributed by atoms with E-state index in [4.69, 9.17) is 4.98 Å². The van der Waals surface area contributed by atoms with Gasteiger partial charge in [0.1, 0.15) is 5.65 Å². The zero-order chi connectivity index (χ0) is 17.6. The molecule has 6 nitrogen and oxygen atoms in total. The molecule has 0 saturated heterocycles. The maximum atomic E-state index is 13.2. The fraction of sp³-hybridized carbons (Fsp3) is 0.0500. The third-order valence-corrected chi connectivity index (χ3v) is 5.26. The van der Waals surface area contributed by atoms with E-state index in [0.717, 1.165) is 21.7 Å². The number of pyridine rings is 1. The van der Waals surface area contributed by atoms with Gasteiger partial charge in [-0.2, -0.15) is 0 Å². The molecule has 0 aliphatic rings. The summed E-state index contributed by atoms with van der Waals surface area (Å²) in [6.07, 6.45) is 0. The minimum absolute atomic E-state index is 0.0931. The van der Waals surface area contributed by atoms with Crippen molar-refractivity contribution >= 4 is 49.3 Å². The zero-order valence-electron chi connectivity index (χ0n) is 13.8. The van der Waals surface area contributed by atoms with Crippen LogP contribution >= 0.6 is 0 Å². The molecule has 0 aliphatic heterocycles. The SMILES string of the molecule is Cn1c(=O)[nH]c2cc3c(cc21)nc1c2cccc4cccc(c(=O)n31)c42. The van der Waals surface area contributed by atoms with Crippen LogP contribution in [-0.4, -0.2) is 18.9 Å². The number of fused-ring (bicyclic) bond motifs is 5. The third kappa shape index (κ3) is 1.45. The number of nitrogens with one attached hydrogen (secondary N) is 1. The average molecular weight is 340 g/mol. The number of benzene rings is 3. The number of rotatable bonds is 0. The minimum Gasteiger partial charge on any atom is -0.305 e. The van der Waals surface area contributed by atoms with Crippen molar-refractivity contribution in [2.75, 3.05) is 0 Å². The number of hydrogen-bond acceptors (Lipinski definition) is 3. The van der Waals surface area contributed by atoms with Crippen LogP contribution in [0, 0.1) is 0 Å². The van der Waals surface area contributed by atoms with Crippen LogP contribution in [0.4, 0.5) is 0 Å². The number of aromatic nitrogens is 4. The molecule has 6 aromatic rings. The topological polar surface area (TPSA) is 72.2 Å². The Balaban J connectivity index is 1.97. The van der Waals surface area contributed by atoms with Crippen LogP contribution in [-0.2, 0) is 7.05 Å². The molecule has 0 fully saturated rings. The van der Waals surface area contributed by atoms with Gasteiger partial charge in [0.15, 0.2) is 0 Å². The van der Waals surface area contributed by atoms with Crippen LogP contribution in [0.1, 0.15) is 0 Å². The molecule has 3 aromatic heterocycles. The number of hydrogen-bond donors (Lipinski definition) is 1. The highest BCUT2D eigenvalue weighted by Gasteiger charge is 2.17. The van der Waals surface area contributed by atoms with E-state index in [-0.39, 0.29) is 11.2 Å². The van der Waals surface area contributed by atoms with Crippen molar-refractivity contribution in [1.29, 1.82) is 0 Å². The Kier molecular flexibility index (Phi) is 2.24. The van der Waals surface area contributed by atoms with Gasteiger partial charge in [0.05, 0.1) is 22.1 Å². The molecule has 0 aliphatic carbocycles. The van der Waals surface area contributed by atoms with Gasteiger partial charge in [0, 0.05) is 23.2 Å². The summed E-state index contributed by atoms with van der Waals surface area (Å²) in [6.45, 7) is 0. The van der Waals surface area contributed by atoms with E-state index in [0.29, 0.717) is 27.6 Å². The van der Waals surface area contributed by atoms with Gasteiger partial charge in [-0.3, -0.25) is 13.8 Å². The molecule has 0 spiro atoms. The van der Waals surface area contributed by atoms with Crippen LogP contribution in [0.15, 0.2) is 58.1 Å². The molecular formula is C20H12N4O2. The van der Waals surface area contributed by atoms with E-state index in [1.807, 2.05) is 48.5 Å². The van der Waals surface area contributed by atoms with Crippen molar-refractivity contribution in [3.8, 4) is 0 Å². The van der Waals surface area contributed by atoms with Crippen LogP contribution in [0.2, 0.25) is 0 Å². The van der Waals surface area contributed by atoms with Crippen LogP contribution in [0.5, 0.6) is 0 Å². The second kappa shape index (κ2) is 4.29. The molecule has 124 valence electrons. The van der Waals surface area contributed by atoms with Gasteiger partial charge in [-0.25, -0.2) is 9.78 Å². The van der Waals surface area contributed by atoms with E-state index in [2.05, 4.69) is 4.98 Å². The van der Waals surface area contributed by atoms with E-state index in [1.54, 1.807) is 16.0 Å². The van der Waals surface area contributed by atoms with Gasteiger partial charge in [-0.05, 0) is 23.6 Å². The molecule has 3 heterocycles. The number of aromatic amines is 1. The van der Waals surface area contributed by atoms with Gasteiger partial charge in [0.2, 0.25) is 0 Å². The number of nitrogens with zero attached hydrogens (tertiary/aromatic N) is 3. The van der Waals surface area contributed by atoms with Crippen LogP contribution in [0.3, 0.4) is 0 Å². The number of imidazole rings is 2. The van der Waals surface area contributed by atoms with E-state index >= 15 is 0 Å². The Morgan fingerprint density at radius 2 is 1.73 bits per heavy atom. The molecule has 0 atom stereocenters. The molecule has 0 amide bonds. The summed E-state index contributed by atoms with van der Waals surface area (Å²) in [5, 5.41) is 3.60. The summed E-state index contributed by atoms with van der Waals surface area (Å²) in [5.74, 6) is 0. The monoisotopic (exact) mass is 340 g/mol. The molecule has 1 N–H and O–H groups in total. The maximum Gasteiger partial charge on any atom is 0.326 e. The Hall–Kier alpha value is -3.67. The standard InChI is InChI=1S/C20H12N4O2/c1-23-15-8-14-16(9-13(15)22-20(23)26)24-18(21-14)11-6-2-4-10-5-3-7-12(17(10)11)19(24)25/h2-9H,1H3,(H,22,26). The summed E-state index contributed by atoms with van der Waals surface area (Å²) in [4.78, 5) is 32.7. The zero-order valence-corrected chi connectivity index (χ0v) is 13.8. The fourth-order valence-corrected chi connectivity index (χ4v) is 4.01. The van der Waals surface area contributed by atoms with Crippen LogP contribution in [0.25, 0.3) is 49.3 Å². The first-order valence-corrected chi connectivity index (χ1v) is 8.31. The Morgan fingerprint density at radius 1 is 0.962 bits per heavy atom. The lowest BCUT2D eigenvalue weighted by molar-refractivity contribution is 0.892. The molecule has 3 aromatic carbocycles. The van der Waals surface area contributed by atoms with Crippen LogP contribution < -0.4 is 11.2 Å². The normalized spacial score (nSPS) is 12.3. The van der Waals surface area contributed by atoms with E-state index in [9.17, 15) is 9.59 Å². The lowest BCUT2D eigenvalue weighted by Crippen LogP contribution is -2.13. The first kappa shape index (κ1) is 13.6. The van der Waals surface area contributed by atoms with Crippen molar-refractivity contribution in [2.24, 2.45) is 7.05 Å². The van der Waals surface area contributed by atoms with Crippen molar-refractivity contribution in [3.63, 3.8) is 0 Å². The highest BCUT2D eigenvalue weighted by atomic mass is 16.1. The van der Waals surface area contributed by atoms with Gasteiger partial charge in [0.25, 0.3) is 5.56 Å². The average Bonchev–Trinajstić information content (AvgIpc) is 3.15. The second-order valence-electron chi connectivity index (χ2n) is 6.63. The summed E-state index contributed by atoms with van der Waals surface area (Å²) in [7, 11) is 1.71. The molecule has 6 heteroatoms. The van der Waals surface area contributed by atoms with Gasteiger partial charge >= 0.3 is 5.69 Å². The molecule has 0 radical (unpaired) electrons. The van der Waals surface area contributed by atoms with E-state index in [1.165, 1.54) is 0 Å². The minimum atomic E-state index is -0.187. The first-order valence-electron chi connectivity index (χ1n) is 8.31. The Bertz CT molecular complexity index is 1630. The molecule has 0 bridgehead atoms. The maximum absolute atomic E-state index is 13.2. The van der Waals surface area contributed by atoms with Crippen molar-refractivity contribution < 1.29 is 0 Å². The third-order valence-electron chi connectivity index (χ3n) is 5.26. The summed E-state index contributed by atoms with van der Waals surface area (Å²) in [5.41, 5.74) is 3.22. The van der Waals surface area contributed by atoms with E-state index < -0.39 is 0 Å². The second-order valence-corrected chi connectivity index (χ2v) is 6.63. The predicted molar refractivity (Wildman–Crippen MR) is 102 cm³/mol. The highest BCUT2D eigenvalue weighted by molar-refractivity contribution is 6.15. The predicted octanol–water partition coefficient (Wildman–Crippen LogP) is 2.77. The number of H-pyrrole nitrogens is 1. The smallest absolute Gasteiger partial charge is 0.305 e. The molecule has 0 saturated carbocycles. The molecule has 26 heavy (non-hydrogen) atoms. The van der Waals surface area contributed by atoms with Crippen molar-refractivity contribution in [1.82, 2.24) is 18.9 Å². The summed E-state index contributed by atoms with van der Waals surface area (Å²) >= 11 is 0. The molecule has 0 unspecified atom stereocenters. The highest BCUT2D eigenvalue weighted by Crippen LogP contribution is 2.30. The Morgan fingerprint density at radius 3 is 2.54 bits per heavy atom. The fourth-order valence-electron chi connectivity index (χ4n) is 4.01. The first-order chi connectivity index (χ1) is 12.6. The molecular weight excluding hydrogens is 328 g/mol. The van der Waals surface area contributed by atoms with Gasteiger partial charge < -0.3 is 4.98 Å². The van der Waals surface area contributed by atoms with Crippen molar-refractivity contribution in [2.45, 2.75) is 0 Å². The largest absolute Gasteiger partial charge is 0.326 e. The Labute approximate surface area is 145 Å². The summed E-state index contributed by atoms with van der Waals surface area (Å²) < 4.78 is 3.20. The lowest BCUT2D eigenvalue weighted by Gasteiger charge is -2.06. The van der Waals surface area contributed by atoms with Gasteiger partial charge in [-0.15, -0.1) is 0 Å². The van der Waals surface area contributed by atoms with Gasteiger partial charge in [-0.1, -0.05) is 30.3 Å². The van der Waals surface area contributed by atoms with Crippen molar-refractivity contribution in [3.05, 3.63) is 69.4 Å². The lowest BCUT2D eigenvalue weighted by atomic mass is 10.0. The molecule has 6 rings (SSSR count). The summed E-state index contributed by atoms with van der Waals surface area (Å²) in [6, 6.07) is 15.4. The number of aryl methyl sites for hydroxylation is 1. The quantitative estimate of drug-likeness (QED) is 0.462.